The molecule has 2 heterocycles. The Balaban J connectivity index is 0.000000136. The van der Waals surface area contributed by atoms with Crippen LogP contribution in [0.2, 0.25) is 0 Å². The van der Waals surface area contributed by atoms with Crippen molar-refractivity contribution in [3.8, 4) is 12.1 Å². The molecular formula is C26H12Br2N2S2. The van der Waals surface area contributed by atoms with Crippen molar-refractivity contribution in [2.45, 2.75) is 0 Å². The summed E-state index contributed by atoms with van der Waals surface area (Å²) in [4.78, 5) is 0. The van der Waals surface area contributed by atoms with Crippen molar-refractivity contribution >= 4 is 94.9 Å². The molecule has 2 nitrogen and oxygen atoms in total. The van der Waals surface area contributed by atoms with Gasteiger partial charge in [0.2, 0.25) is 0 Å². The summed E-state index contributed by atoms with van der Waals surface area (Å²) in [6.07, 6.45) is 0. The first-order valence-corrected chi connectivity index (χ1v) is 12.8. The molecule has 0 aliphatic rings. The van der Waals surface area contributed by atoms with Crippen LogP contribution in [0.3, 0.4) is 0 Å². The largest absolute Gasteiger partial charge is 0.192 e. The van der Waals surface area contributed by atoms with Gasteiger partial charge in [-0.1, -0.05) is 56.1 Å². The molecular weight excluding hydrogens is 564 g/mol. The van der Waals surface area contributed by atoms with Crippen LogP contribution in [0.1, 0.15) is 11.1 Å². The first-order valence-electron chi connectivity index (χ1n) is 9.59. The molecule has 32 heavy (non-hydrogen) atoms. The molecule has 4 aromatic carbocycles. The fourth-order valence-electron chi connectivity index (χ4n) is 3.64. The summed E-state index contributed by atoms with van der Waals surface area (Å²) in [5, 5.41) is 22.7. The van der Waals surface area contributed by atoms with E-state index in [-0.39, 0.29) is 0 Å². The lowest BCUT2D eigenvalue weighted by Crippen LogP contribution is -1.73. The predicted molar refractivity (Wildman–Crippen MR) is 143 cm³/mol. The van der Waals surface area contributed by atoms with E-state index in [1.165, 1.54) is 20.2 Å². The summed E-state index contributed by atoms with van der Waals surface area (Å²) in [5.74, 6) is 0. The molecule has 0 spiro atoms. The molecule has 6 aromatic rings. The van der Waals surface area contributed by atoms with E-state index in [2.05, 4.69) is 80.4 Å². The van der Waals surface area contributed by atoms with Crippen molar-refractivity contribution in [3.63, 3.8) is 0 Å². The number of hydrogen-bond acceptors (Lipinski definition) is 4. The van der Waals surface area contributed by atoms with Gasteiger partial charge in [0.25, 0.3) is 0 Å². The van der Waals surface area contributed by atoms with E-state index in [1.807, 2.05) is 47.7 Å². The fourth-order valence-corrected chi connectivity index (χ4v) is 7.04. The Labute approximate surface area is 209 Å². The zero-order valence-corrected chi connectivity index (χ0v) is 21.2. The Hall–Kier alpha value is -2.74. The standard InChI is InChI=1S/C14H6N2S.C12H6Br2S/c15-7-9-1-3-11-12-4-2-10(8-16)6-14(12)17-13(11)5-9;13-7-1-3-9-10-4-2-8(14)6-12(10)15-11(9)5-7/h1-6H;1-6H. The van der Waals surface area contributed by atoms with Crippen LogP contribution in [0.5, 0.6) is 0 Å². The number of thiophene rings is 2. The number of nitrogens with zero attached hydrogens (tertiary/aromatic N) is 2. The quantitative estimate of drug-likeness (QED) is 0.181. The first-order chi connectivity index (χ1) is 15.6. The van der Waals surface area contributed by atoms with Gasteiger partial charge in [-0.2, -0.15) is 10.5 Å². The van der Waals surface area contributed by atoms with Gasteiger partial charge in [-0.15, -0.1) is 22.7 Å². The van der Waals surface area contributed by atoms with Gasteiger partial charge >= 0.3 is 0 Å². The molecule has 152 valence electrons. The van der Waals surface area contributed by atoms with E-state index in [0.717, 1.165) is 29.1 Å². The number of nitriles is 2. The number of fused-ring (bicyclic) bond motifs is 6. The van der Waals surface area contributed by atoms with Crippen molar-refractivity contribution in [3.05, 3.63) is 92.9 Å². The second kappa shape index (κ2) is 8.65. The highest BCUT2D eigenvalue weighted by Gasteiger charge is 2.07. The van der Waals surface area contributed by atoms with Gasteiger partial charge in [0.05, 0.1) is 23.3 Å². The lowest BCUT2D eigenvalue weighted by molar-refractivity contribution is 1.50. The number of rotatable bonds is 0. The molecule has 0 saturated carbocycles. The van der Waals surface area contributed by atoms with Gasteiger partial charge in [-0.05, 0) is 48.5 Å². The Bertz CT molecular complexity index is 1610. The van der Waals surface area contributed by atoms with Crippen LogP contribution < -0.4 is 0 Å². The van der Waals surface area contributed by atoms with Crippen LogP contribution in [-0.2, 0) is 0 Å². The minimum absolute atomic E-state index is 0.671. The van der Waals surface area contributed by atoms with Crippen LogP contribution in [-0.4, -0.2) is 0 Å². The highest BCUT2D eigenvalue weighted by Crippen LogP contribution is 2.37. The maximum atomic E-state index is 8.87. The molecule has 0 saturated heterocycles. The lowest BCUT2D eigenvalue weighted by Gasteiger charge is -1.92. The summed E-state index contributed by atoms with van der Waals surface area (Å²) in [7, 11) is 0. The average Bonchev–Trinajstić information content (AvgIpc) is 3.34. The molecule has 6 rings (SSSR count). The average molecular weight is 576 g/mol. The molecule has 0 bridgehead atoms. The van der Waals surface area contributed by atoms with Gasteiger partial charge < -0.3 is 0 Å². The second-order valence-corrected chi connectivity index (χ2v) is 11.1. The third kappa shape index (κ3) is 3.92. The normalized spacial score (nSPS) is 10.8. The van der Waals surface area contributed by atoms with Crippen molar-refractivity contribution in [2.24, 2.45) is 0 Å². The highest BCUT2D eigenvalue weighted by atomic mass is 79.9. The van der Waals surface area contributed by atoms with E-state index in [9.17, 15) is 0 Å². The fraction of sp³-hybridized carbons (Fsp3) is 0. The number of halogens is 2. The zero-order chi connectivity index (χ0) is 22.2. The Morgan fingerprint density at radius 1 is 0.500 bits per heavy atom. The molecule has 6 heteroatoms. The zero-order valence-electron chi connectivity index (χ0n) is 16.4. The summed E-state index contributed by atoms with van der Waals surface area (Å²) in [6, 6.07) is 28.5. The van der Waals surface area contributed by atoms with Crippen LogP contribution in [0.15, 0.2) is 81.7 Å². The summed E-state index contributed by atoms with van der Waals surface area (Å²) in [6.45, 7) is 0. The van der Waals surface area contributed by atoms with Gasteiger partial charge in [-0.3, -0.25) is 0 Å². The Morgan fingerprint density at radius 2 is 0.844 bits per heavy atom. The molecule has 0 amide bonds. The first kappa shape index (κ1) is 21.1. The van der Waals surface area contributed by atoms with E-state index >= 15 is 0 Å². The van der Waals surface area contributed by atoms with Crippen LogP contribution >= 0.6 is 54.5 Å². The molecule has 0 N–H and O–H groups in total. The van der Waals surface area contributed by atoms with Crippen LogP contribution in [0, 0.1) is 22.7 Å². The van der Waals surface area contributed by atoms with E-state index in [0.29, 0.717) is 11.1 Å². The second-order valence-electron chi connectivity index (χ2n) is 7.13. The Morgan fingerprint density at radius 3 is 1.22 bits per heavy atom. The maximum Gasteiger partial charge on any atom is 0.0992 e. The van der Waals surface area contributed by atoms with Crippen molar-refractivity contribution in [1.82, 2.24) is 0 Å². The maximum absolute atomic E-state index is 8.87. The summed E-state index contributed by atoms with van der Waals surface area (Å²) >= 11 is 10.5. The number of benzene rings is 4. The molecule has 0 aliphatic heterocycles. The van der Waals surface area contributed by atoms with E-state index < -0.39 is 0 Å². The predicted octanol–water partition coefficient (Wildman–Crippen LogP) is 9.38. The SMILES string of the molecule is Brc1ccc2c(c1)sc1cc(Br)ccc12.N#Cc1ccc2c(c1)sc1cc(C#N)ccc12. The van der Waals surface area contributed by atoms with Gasteiger partial charge in [-0.25, -0.2) is 0 Å². The topological polar surface area (TPSA) is 47.6 Å². The summed E-state index contributed by atoms with van der Waals surface area (Å²) in [5.41, 5.74) is 1.34. The van der Waals surface area contributed by atoms with Crippen molar-refractivity contribution < 1.29 is 0 Å². The minimum atomic E-state index is 0.671. The van der Waals surface area contributed by atoms with Crippen LogP contribution in [0.25, 0.3) is 40.3 Å². The lowest BCUT2D eigenvalue weighted by atomic mass is 10.1. The minimum Gasteiger partial charge on any atom is -0.192 e. The van der Waals surface area contributed by atoms with Crippen LogP contribution in [0.4, 0.5) is 0 Å². The third-order valence-corrected chi connectivity index (χ3v) is 8.35. The van der Waals surface area contributed by atoms with Crippen molar-refractivity contribution in [1.29, 1.82) is 10.5 Å². The molecule has 0 unspecified atom stereocenters. The molecule has 2 aromatic heterocycles. The highest BCUT2D eigenvalue weighted by molar-refractivity contribution is 9.10. The molecule has 0 radical (unpaired) electrons. The van der Waals surface area contributed by atoms with Crippen molar-refractivity contribution in [2.75, 3.05) is 0 Å². The molecule has 0 atom stereocenters. The van der Waals surface area contributed by atoms with E-state index in [1.54, 1.807) is 11.3 Å². The van der Waals surface area contributed by atoms with Gasteiger partial charge in [0, 0.05) is 49.3 Å². The van der Waals surface area contributed by atoms with Gasteiger partial charge in [0.15, 0.2) is 0 Å². The molecule has 0 fully saturated rings. The monoisotopic (exact) mass is 574 g/mol. The summed E-state index contributed by atoms with van der Waals surface area (Å²) < 4.78 is 7.12. The molecule has 0 aliphatic carbocycles. The number of hydrogen-bond donors (Lipinski definition) is 0. The van der Waals surface area contributed by atoms with E-state index in [4.69, 9.17) is 10.5 Å². The smallest absolute Gasteiger partial charge is 0.0992 e. The van der Waals surface area contributed by atoms with Gasteiger partial charge in [0.1, 0.15) is 0 Å². The Kier molecular flexibility index (Phi) is 5.71. The third-order valence-electron chi connectivity index (χ3n) is 5.13.